The van der Waals surface area contributed by atoms with Gasteiger partial charge in [0.2, 0.25) is 0 Å². The number of methoxy groups -OCH3 is 1. The van der Waals surface area contributed by atoms with Gasteiger partial charge in [-0.3, -0.25) is 0 Å². The van der Waals surface area contributed by atoms with Crippen molar-refractivity contribution in [1.29, 1.82) is 0 Å². The van der Waals surface area contributed by atoms with Crippen LogP contribution in [0.4, 0.5) is 0 Å². The number of fused-ring (bicyclic) bond motifs is 3. The van der Waals surface area contributed by atoms with E-state index in [1.165, 1.54) is 5.57 Å². The van der Waals surface area contributed by atoms with Gasteiger partial charge < -0.3 is 24.8 Å². The van der Waals surface area contributed by atoms with E-state index in [2.05, 4.69) is 26.0 Å². The molecule has 0 fully saturated rings. The molecular formula is C22H32O5. The fraction of sp³-hybridized carbons (Fsp3) is 0.636. The van der Waals surface area contributed by atoms with E-state index in [-0.39, 0.29) is 11.8 Å². The molecule has 150 valence electrons. The van der Waals surface area contributed by atoms with Gasteiger partial charge in [-0.2, -0.15) is 0 Å². The maximum absolute atomic E-state index is 10.1. The summed E-state index contributed by atoms with van der Waals surface area (Å²) in [5.41, 5.74) is 1.76. The molecule has 1 aliphatic carbocycles. The molecule has 1 aromatic carbocycles. The van der Waals surface area contributed by atoms with Crippen LogP contribution in [0.25, 0.3) is 0 Å². The molecule has 0 saturated heterocycles. The van der Waals surface area contributed by atoms with Crippen molar-refractivity contribution in [1.82, 2.24) is 0 Å². The Hall–Kier alpha value is -1.56. The quantitative estimate of drug-likeness (QED) is 0.401. The van der Waals surface area contributed by atoms with Crippen molar-refractivity contribution in [2.75, 3.05) is 7.11 Å². The lowest BCUT2D eigenvalue weighted by atomic mass is 9.66. The second kappa shape index (κ2) is 7.46. The van der Waals surface area contributed by atoms with E-state index in [4.69, 9.17) is 9.47 Å². The van der Waals surface area contributed by atoms with Crippen LogP contribution < -0.4 is 9.47 Å². The molecule has 3 rings (SSSR count). The summed E-state index contributed by atoms with van der Waals surface area (Å²) in [6, 6.07) is 4.03. The van der Waals surface area contributed by atoms with Gasteiger partial charge in [0.15, 0.2) is 5.60 Å². The van der Waals surface area contributed by atoms with E-state index in [9.17, 15) is 15.3 Å². The van der Waals surface area contributed by atoms with E-state index in [1.807, 2.05) is 6.07 Å². The summed E-state index contributed by atoms with van der Waals surface area (Å²) in [6.07, 6.45) is 7.97. The largest absolute Gasteiger partial charge is 0.496 e. The fourth-order valence-electron chi connectivity index (χ4n) is 4.55. The third-order valence-corrected chi connectivity index (χ3v) is 6.23. The Labute approximate surface area is 161 Å². The van der Waals surface area contributed by atoms with E-state index < -0.39 is 11.6 Å². The van der Waals surface area contributed by atoms with Crippen molar-refractivity contribution >= 4 is 0 Å². The summed E-state index contributed by atoms with van der Waals surface area (Å²) in [5, 5.41) is 30.4. The number of ether oxygens (including phenoxy) is 2. The zero-order valence-electron chi connectivity index (χ0n) is 16.8. The van der Waals surface area contributed by atoms with Gasteiger partial charge in [0.25, 0.3) is 0 Å². The molecule has 27 heavy (non-hydrogen) atoms. The van der Waals surface area contributed by atoms with Gasteiger partial charge in [-0.15, -0.1) is 0 Å². The second-order valence-electron chi connectivity index (χ2n) is 8.20. The maximum Gasteiger partial charge on any atom is 0.317 e. The first-order chi connectivity index (χ1) is 12.7. The molecule has 1 heterocycles. The third-order valence-electron chi connectivity index (χ3n) is 6.23. The number of allylic oxidation sites excluding steroid dienone is 2. The van der Waals surface area contributed by atoms with Crippen molar-refractivity contribution in [2.45, 2.75) is 76.8 Å². The smallest absolute Gasteiger partial charge is 0.317 e. The van der Waals surface area contributed by atoms with E-state index >= 15 is 0 Å². The van der Waals surface area contributed by atoms with Gasteiger partial charge >= 0.3 is 5.97 Å². The molecule has 1 aromatic rings. The van der Waals surface area contributed by atoms with E-state index in [0.29, 0.717) is 12.2 Å². The Bertz CT molecular complexity index is 718. The molecule has 0 saturated carbocycles. The molecule has 3 unspecified atom stereocenters. The summed E-state index contributed by atoms with van der Waals surface area (Å²) in [4.78, 5) is 0. The van der Waals surface area contributed by atoms with Crippen LogP contribution in [0.1, 0.15) is 69.9 Å². The minimum Gasteiger partial charge on any atom is -0.496 e. The van der Waals surface area contributed by atoms with Crippen LogP contribution in [-0.4, -0.2) is 34.0 Å². The number of benzene rings is 1. The Morgan fingerprint density at radius 3 is 2.63 bits per heavy atom. The van der Waals surface area contributed by atoms with Gasteiger partial charge in [-0.1, -0.05) is 31.4 Å². The predicted octanol–water partition coefficient (Wildman–Crippen LogP) is 3.65. The van der Waals surface area contributed by atoms with Crippen LogP contribution >= 0.6 is 0 Å². The van der Waals surface area contributed by atoms with Crippen molar-refractivity contribution in [3.63, 3.8) is 0 Å². The normalized spacial score (nSPS) is 27.3. The lowest BCUT2D eigenvalue weighted by Gasteiger charge is -2.50. The third kappa shape index (κ3) is 3.60. The molecule has 5 nitrogen and oxygen atoms in total. The average Bonchev–Trinajstić information content (AvgIpc) is 2.60. The SMILES string of the molecule is CCCCCc1cc(OC)c2c(c1)OC(C)(C(O)(O)O)C1CCC(C)=CC21. The second-order valence-corrected chi connectivity index (χ2v) is 8.20. The molecule has 0 radical (unpaired) electrons. The lowest BCUT2D eigenvalue weighted by Crippen LogP contribution is -2.63. The number of aryl methyl sites for hydroxylation is 1. The summed E-state index contributed by atoms with van der Waals surface area (Å²) in [7, 11) is 1.65. The summed E-state index contributed by atoms with van der Waals surface area (Å²) in [6.45, 7) is 5.83. The summed E-state index contributed by atoms with van der Waals surface area (Å²) < 4.78 is 11.8. The molecule has 3 atom stereocenters. The molecule has 0 aromatic heterocycles. The van der Waals surface area contributed by atoms with Crippen LogP contribution in [0.15, 0.2) is 23.8 Å². The summed E-state index contributed by atoms with van der Waals surface area (Å²) >= 11 is 0. The van der Waals surface area contributed by atoms with Gasteiger partial charge in [-0.05, 0) is 57.2 Å². The fourth-order valence-corrected chi connectivity index (χ4v) is 4.55. The molecule has 0 spiro atoms. The van der Waals surface area contributed by atoms with Gasteiger partial charge in [0, 0.05) is 17.4 Å². The molecule has 2 aliphatic rings. The van der Waals surface area contributed by atoms with Gasteiger partial charge in [0.1, 0.15) is 11.5 Å². The molecular weight excluding hydrogens is 344 g/mol. The topological polar surface area (TPSA) is 79.2 Å². The molecule has 0 amide bonds. The molecule has 3 N–H and O–H groups in total. The molecule has 5 heteroatoms. The van der Waals surface area contributed by atoms with Gasteiger partial charge in [0.05, 0.1) is 7.11 Å². The highest BCUT2D eigenvalue weighted by atomic mass is 16.7. The minimum absolute atomic E-state index is 0.0991. The summed E-state index contributed by atoms with van der Waals surface area (Å²) in [5.74, 6) is -1.97. The lowest BCUT2D eigenvalue weighted by molar-refractivity contribution is -0.393. The Balaban J connectivity index is 2.11. The number of hydrogen-bond donors (Lipinski definition) is 3. The minimum atomic E-state index is -2.93. The molecule has 1 aliphatic heterocycles. The van der Waals surface area contributed by atoms with E-state index in [1.54, 1.807) is 14.0 Å². The Kier molecular flexibility index (Phi) is 5.57. The first-order valence-corrected chi connectivity index (χ1v) is 9.95. The highest BCUT2D eigenvalue weighted by Gasteiger charge is 2.59. The van der Waals surface area contributed by atoms with Crippen molar-refractivity contribution in [3.8, 4) is 11.5 Å². The maximum atomic E-state index is 10.1. The Morgan fingerprint density at radius 1 is 1.26 bits per heavy atom. The Morgan fingerprint density at radius 2 is 2.00 bits per heavy atom. The molecule has 0 bridgehead atoms. The van der Waals surface area contributed by atoms with Crippen LogP contribution in [0.2, 0.25) is 0 Å². The highest BCUT2D eigenvalue weighted by Crippen LogP contribution is 2.55. The van der Waals surface area contributed by atoms with Crippen molar-refractivity contribution in [2.24, 2.45) is 5.92 Å². The van der Waals surface area contributed by atoms with E-state index in [0.717, 1.165) is 49.0 Å². The number of unbranched alkanes of at least 4 members (excludes halogenated alkanes) is 2. The van der Waals surface area contributed by atoms with Crippen LogP contribution in [-0.2, 0) is 6.42 Å². The first kappa shape index (κ1) is 20.2. The van der Waals surface area contributed by atoms with Gasteiger partial charge in [-0.25, -0.2) is 0 Å². The zero-order valence-corrected chi connectivity index (χ0v) is 16.8. The standard InChI is InChI=1S/C22H32O5/c1-5-6-7-8-15-12-18(26-4)20-16-11-14(2)9-10-17(16)21(3,22(23,24)25)27-19(20)13-15/h11-13,16-17,23-25H,5-10H2,1-4H3. The monoisotopic (exact) mass is 376 g/mol. The average molecular weight is 376 g/mol. The number of hydrogen-bond acceptors (Lipinski definition) is 5. The highest BCUT2D eigenvalue weighted by molar-refractivity contribution is 5.54. The predicted molar refractivity (Wildman–Crippen MR) is 104 cm³/mol. The van der Waals surface area contributed by atoms with Crippen LogP contribution in [0.3, 0.4) is 0 Å². The number of rotatable bonds is 6. The zero-order chi connectivity index (χ0) is 19.8. The number of aliphatic hydroxyl groups is 3. The van der Waals surface area contributed by atoms with Crippen LogP contribution in [0.5, 0.6) is 11.5 Å². The van der Waals surface area contributed by atoms with Crippen molar-refractivity contribution in [3.05, 3.63) is 34.9 Å². The first-order valence-electron chi connectivity index (χ1n) is 9.95. The van der Waals surface area contributed by atoms with Crippen LogP contribution in [0, 0.1) is 5.92 Å². The van der Waals surface area contributed by atoms with Crippen molar-refractivity contribution < 1.29 is 24.8 Å².